The number of benzene rings is 2. The molecule has 2 aromatic carbocycles. The summed E-state index contributed by atoms with van der Waals surface area (Å²) in [7, 11) is -1.24. The highest BCUT2D eigenvalue weighted by Gasteiger charge is 2.22. The molecular weight excluding hydrogens is 390 g/mol. The first-order valence-electron chi connectivity index (χ1n) is 9.65. The molecule has 0 saturated heterocycles. The van der Waals surface area contributed by atoms with Crippen LogP contribution >= 0.6 is 0 Å². The molecule has 0 heterocycles. The van der Waals surface area contributed by atoms with Crippen LogP contribution in [0.3, 0.4) is 0 Å². The van der Waals surface area contributed by atoms with Gasteiger partial charge in [-0.2, -0.15) is 0 Å². The molecule has 0 atom stereocenters. The van der Waals surface area contributed by atoms with Crippen molar-refractivity contribution in [2.24, 2.45) is 0 Å². The van der Waals surface area contributed by atoms with Crippen molar-refractivity contribution in [2.45, 2.75) is 31.8 Å². The molecule has 0 spiro atoms. The van der Waals surface area contributed by atoms with E-state index >= 15 is 0 Å². The van der Waals surface area contributed by atoms with Gasteiger partial charge >= 0.3 is 0 Å². The Morgan fingerprint density at radius 2 is 1.72 bits per heavy atom. The first kappa shape index (κ1) is 23.0. The molecule has 2 N–H and O–H groups in total. The lowest BCUT2D eigenvalue weighted by Crippen LogP contribution is -3.10. The van der Waals surface area contributed by atoms with Gasteiger partial charge in [0, 0.05) is 24.7 Å². The Labute approximate surface area is 173 Å². The number of rotatable bonds is 10. The predicted molar refractivity (Wildman–Crippen MR) is 112 cm³/mol. The van der Waals surface area contributed by atoms with Crippen molar-refractivity contribution in [3.05, 3.63) is 65.2 Å². The van der Waals surface area contributed by atoms with Crippen LogP contribution in [0, 0.1) is 0 Å². The Morgan fingerprint density at radius 3 is 2.34 bits per heavy atom. The Morgan fingerprint density at radius 1 is 1.07 bits per heavy atom. The molecule has 158 valence electrons. The van der Waals surface area contributed by atoms with Gasteiger partial charge in [0.15, 0.2) is 0 Å². The van der Waals surface area contributed by atoms with E-state index in [9.17, 15) is 13.2 Å². The summed E-state index contributed by atoms with van der Waals surface area (Å²) in [5.41, 5.74) is 2.54. The van der Waals surface area contributed by atoms with Gasteiger partial charge in [-0.3, -0.25) is 9.63 Å². The van der Waals surface area contributed by atoms with Crippen molar-refractivity contribution in [1.29, 1.82) is 0 Å². The van der Waals surface area contributed by atoms with Crippen molar-refractivity contribution in [2.75, 3.05) is 27.2 Å². The molecule has 0 saturated carbocycles. The van der Waals surface area contributed by atoms with Gasteiger partial charge in [0.1, 0.15) is 6.54 Å². The summed E-state index contributed by atoms with van der Waals surface area (Å²) in [5, 5.41) is 2.90. The quantitative estimate of drug-likeness (QED) is 0.567. The number of hydroxylamine groups is 1. The standard InChI is InChI=1S/C21H29N3O4S/c1-5-24(6-2)16-19-11-8-7-10-18(19)15-22-21(25)17-12-9-13-20(14-17)29(26,27)23(3)28-4/h7-14H,5-6,15-16H2,1-4H3,(H,22,25)/p+1. The van der Waals surface area contributed by atoms with Crippen LogP contribution < -0.4 is 10.2 Å². The fourth-order valence-electron chi connectivity index (χ4n) is 2.99. The number of carbonyl (C=O) groups is 1. The van der Waals surface area contributed by atoms with Crippen molar-refractivity contribution >= 4 is 15.9 Å². The zero-order valence-corrected chi connectivity index (χ0v) is 18.3. The minimum Gasteiger partial charge on any atom is -0.348 e. The number of nitrogens with zero attached hydrogens (tertiary/aromatic N) is 1. The van der Waals surface area contributed by atoms with Gasteiger partial charge in [0.25, 0.3) is 15.9 Å². The van der Waals surface area contributed by atoms with Crippen molar-refractivity contribution < 1.29 is 22.9 Å². The highest BCUT2D eigenvalue weighted by Crippen LogP contribution is 2.16. The molecule has 0 aliphatic heterocycles. The maximum atomic E-state index is 12.6. The maximum Gasteiger partial charge on any atom is 0.264 e. The monoisotopic (exact) mass is 420 g/mol. The Kier molecular flexibility index (Phi) is 8.33. The minimum atomic E-state index is -3.81. The van der Waals surface area contributed by atoms with E-state index in [4.69, 9.17) is 4.84 Å². The molecule has 0 radical (unpaired) electrons. The zero-order valence-electron chi connectivity index (χ0n) is 17.4. The number of amides is 1. The van der Waals surface area contributed by atoms with E-state index in [-0.39, 0.29) is 16.4 Å². The number of hydrogen-bond acceptors (Lipinski definition) is 4. The summed E-state index contributed by atoms with van der Waals surface area (Å²) in [6.07, 6.45) is 0. The number of carbonyl (C=O) groups excluding carboxylic acids is 1. The third-order valence-corrected chi connectivity index (χ3v) is 6.66. The number of sulfonamides is 1. The predicted octanol–water partition coefficient (Wildman–Crippen LogP) is 1.22. The van der Waals surface area contributed by atoms with Gasteiger partial charge in [-0.05, 0) is 37.6 Å². The highest BCUT2D eigenvalue weighted by atomic mass is 32.2. The van der Waals surface area contributed by atoms with Gasteiger partial charge in [0.2, 0.25) is 0 Å². The molecule has 2 aromatic rings. The average molecular weight is 421 g/mol. The molecule has 0 bridgehead atoms. The minimum absolute atomic E-state index is 0.0000311. The van der Waals surface area contributed by atoms with Crippen LogP contribution in [0.15, 0.2) is 53.4 Å². The smallest absolute Gasteiger partial charge is 0.264 e. The molecule has 2 rings (SSSR count). The van der Waals surface area contributed by atoms with Gasteiger partial charge in [-0.25, -0.2) is 8.42 Å². The van der Waals surface area contributed by atoms with Crippen LogP contribution in [0.2, 0.25) is 0 Å². The number of hydrogen-bond donors (Lipinski definition) is 2. The first-order chi connectivity index (χ1) is 13.8. The number of quaternary nitrogens is 1. The van der Waals surface area contributed by atoms with E-state index in [1.807, 2.05) is 18.2 Å². The van der Waals surface area contributed by atoms with E-state index in [1.165, 1.54) is 36.8 Å². The lowest BCUT2D eigenvalue weighted by Gasteiger charge is -2.18. The summed E-state index contributed by atoms with van der Waals surface area (Å²) < 4.78 is 25.5. The fourth-order valence-corrected chi connectivity index (χ4v) is 4.01. The Bertz CT molecular complexity index is 927. The van der Waals surface area contributed by atoms with Gasteiger partial charge in [0.05, 0.1) is 25.1 Å². The van der Waals surface area contributed by atoms with Crippen molar-refractivity contribution in [1.82, 2.24) is 9.79 Å². The zero-order chi connectivity index (χ0) is 21.4. The van der Waals surface area contributed by atoms with Crippen LogP contribution in [-0.2, 0) is 28.0 Å². The highest BCUT2D eigenvalue weighted by molar-refractivity contribution is 7.89. The molecule has 0 aliphatic rings. The third-order valence-electron chi connectivity index (χ3n) is 4.99. The first-order valence-corrected chi connectivity index (χ1v) is 11.1. The summed E-state index contributed by atoms with van der Waals surface area (Å²) in [6, 6.07) is 14.0. The van der Waals surface area contributed by atoms with Gasteiger partial charge < -0.3 is 10.2 Å². The molecule has 29 heavy (non-hydrogen) atoms. The van der Waals surface area contributed by atoms with Crippen LogP contribution in [-0.4, -0.2) is 46.0 Å². The Balaban J connectivity index is 2.14. The molecule has 8 heteroatoms. The lowest BCUT2D eigenvalue weighted by atomic mass is 10.1. The maximum absolute atomic E-state index is 12.6. The number of nitrogens with one attached hydrogen (secondary N) is 2. The topological polar surface area (TPSA) is 80.2 Å². The average Bonchev–Trinajstić information content (AvgIpc) is 2.75. The molecule has 0 aliphatic carbocycles. The third kappa shape index (κ3) is 5.86. The molecule has 0 aromatic heterocycles. The summed E-state index contributed by atoms with van der Waals surface area (Å²) in [5.74, 6) is -0.327. The van der Waals surface area contributed by atoms with Crippen LogP contribution in [0.5, 0.6) is 0 Å². The van der Waals surface area contributed by atoms with Crippen molar-refractivity contribution in [3.63, 3.8) is 0 Å². The van der Waals surface area contributed by atoms with Crippen LogP contribution in [0.25, 0.3) is 0 Å². The molecule has 0 unspecified atom stereocenters. The fraction of sp³-hybridized carbons (Fsp3) is 0.381. The molecule has 7 nitrogen and oxygen atoms in total. The SMILES string of the molecule is CC[NH+](CC)Cc1ccccc1CNC(=O)c1cccc(S(=O)(=O)N(C)OC)c1. The molecular formula is C21H30N3O4S+. The largest absolute Gasteiger partial charge is 0.348 e. The van der Waals surface area contributed by atoms with Gasteiger partial charge in [-0.1, -0.05) is 34.8 Å². The Hall–Kier alpha value is -2.26. The van der Waals surface area contributed by atoms with E-state index in [1.54, 1.807) is 12.1 Å². The second-order valence-electron chi connectivity index (χ2n) is 6.71. The summed E-state index contributed by atoms with van der Waals surface area (Å²) >= 11 is 0. The second kappa shape index (κ2) is 10.5. The summed E-state index contributed by atoms with van der Waals surface area (Å²) in [6.45, 7) is 7.67. The van der Waals surface area contributed by atoms with E-state index in [0.29, 0.717) is 6.54 Å². The van der Waals surface area contributed by atoms with E-state index < -0.39 is 10.0 Å². The van der Waals surface area contributed by atoms with Gasteiger partial charge in [-0.15, -0.1) is 0 Å². The van der Waals surface area contributed by atoms with Crippen molar-refractivity contribution in [3.8, 4) is 0 Å². The van der Waals surface area contributed by atoms with Crippen LogP contribution in [0.1, 0.15) is 35.3 Å². The second-order valence-corrected chi connectivity index (χ2v) is 8.65. The molecule has 1 amide bonds. The van der Waals surface area contributed by atoms with E-state index in [0.717, 1.165) is 29.7 Å². The lowest BCUT2D eigenvalue weighted by molar-refractivity contribution is -0.910. The summed E-state index contributed by atoms with van der Waals surface area (Å²) in [4.78, 5) is 18.9. The van der Waals surface area contributed by atoms with E-state index in [2.05, 4.69) is 25.2 Å². The molecule has 0 fully saturated rings. The normalized spacial score (nSPS) is 11.8. The van der Waals surface area contributed by atoms with Crippen LogP contribution in [0.4, 0.5) is 0 Å².